The van der Waals surface area contributed by atoms with E-state index >= 15 is 0 Å². The summed E-state index contributed by atoms with van der Waals surface area (Å²) in [6, 6.07) is 18.4. The van der Waals surface area contributed by atoms with Crippen molar-refractivity contribution < 1.29 is 35.7 Å². The Morgan fingerprint density at radius 3 is 1.73 bits per heavy atom. The molecule has 0 saturated heterocycles. The largest absolute Gasteiger partial charge is 0.741 e. The van der Waals surface area contributed by atoms with Gasteiger partial charge in [0.2, 0.25) is 18.6 Å². The molecule has 0 spiro atoms. The zero-order valence-corrected chi connectivity index (χ0v) is 21.3. The van der Waals surface area contributed by atoms with Gasteiger partial charge in [-0.15, -0.1) is 0 Å². The maximum Gasteiger partial charge on any atom is 0.485 e. The molecule has 0 aliphatic carbocycles. The van der Waals surface area contributed by atoms with Gasteiger partial charge in [0.15, 0.2) is 10.1 Å². The van der Waals surface area contributed by atoms with Gasteiger partial charge in [0, 0.05) is 11.1 Å². The van der Waals surface area contributed by atoms with E-state index in [1.807, 2.05) is 66.9 Å². The summed E-state index contributed by atoms with van der Waals surface area (Å²) in [6.07, 6.45) is 2.00. The predicted molar refractivity (Wildman–Crippen MR) is 127 cm³/mol. The third-order valence-corrected chi connectivity index (χ3v) is 10.5. The van der Waals surface area contributed by atoms with Crippen LogP contribution in [0.1, 0.15) is 20.7 Å². The van der Waals surface area contributed by atoms with E-state index in [4.69, 9.17) is 13.0 Å². The molecule has 0 atom stereocenters. The van der Waals surface area contributed by atoms with Gasteiger partial charge in [-0.05, 0) is 29.8 Å². The predicted octanol–water partition coefficient (Wildman–Crippen LogP) is 6.73. The lowest BCUT2D eigenvalue weighted by Crippen LogP contribution is -2.21. The third-order valence-electron chi connectivity index (χ3n) is 3.36. The highest BCUT2D eigenvalue weighted by molar-refractivity contribution is 8.19. The number of carbonyl (C=O) groups is 2. The van der Waals surface area contributed by atoms with Gasteiger partial charge in [0.1, 0.15) is 22.7 Å². The molecule has 2 aromatic carbocycles. The Bertz CT molecular complexity index is 1120. The molecule has 33 heavy (non-hydrogen) atoms. The fourth-order valence-corrected chi connectivity index (χ4v) is 8.13. The van der Waals surface area contributed by atoms with Gasteiger partial charge in [-0.1, -0.05) is 72.4 Å². The van der Waals surface area contributed by atoms with Crippen LogP contribution in [-0.4, -0.2) is 35.0 Å². The normalized spacial score (nSPS) is 11.4. The quantitative estimate of drug-likeness (QED) is 0.144. The van der Waals surface area contributed by atoms with Crippen LogP contribution in [0.2, 0.25) is 0 Å². The Morgan fingerprint density at radius 2 is 1.33 bits per heavy atom. The molecule has 0 saturated carbocycles. The Labute approximate surface area is 208 Å². The fourth-order valence-electron chi connectivity index (χ4n) is 1.90. The van der Waals surface area contributed by atoms with Crippen molar-refractivity contribution in [3.8, 4) is 0 Å². The maximum absolute atomic E-state index is 12.5. The number of hydrogen-bond acceptors (Lipinski definition) is 9. The average Bonchev–Trinajstić information content (AvgIpc) is 3.15. The summed E-state index contributed by atoms with van der Waals surface area (Å²) >= 11 is 7.18. The number of halogens is 3. The summed E-state index contributed by atoms with van der Waals surface area (Å²) in [5.74, 6) is 0. The van der Waals surface area contributed by atoms with Gasteiger partial charge in [-0.25, -0.2) is 8.42 Å². The number of alkyl halides is 3. The van der Waals surface area contributed by atoms with Crippen LogP contribution in [0.3, 0.4) is 0 Å². The Morgan fingerprint density at radius 1 is 0.909 bits per heavy atom. The van der Waals surface area contributed by atoms with Gasteiger partial charge >= 0.3 is 9.03 Å². The van der Waals surface area contributed by atoms with Crippen LogP contribution in [0.4, 0.5) is 13.2 Å². The highest BCUT2D eigenvalue weighted by Gasteiger charge is 2.37. The minimum Gasteiger partial charge on any atom is -0.741 e. The first kappa shape index (κ1) is 27.8. The lowest BCUT2D eigenvalue weighted by Gasteiger charge is -2.08. The molecule has 0 amide bonds. The molecule has 0 aliphatic heterocycles. The molecule has 0 N–H and O–H groups in total. The molecule has 0 radical (unpaired) electrons. The SMILES string of the molecule is CSc1sc(SC(=O)c2ccccc2)c(SC(=O)c2ccccc2)[s+]1.O=S(=O)([O-])C(F)(F)F. The van der Waals surface area contributed by atoms with Crippen LogP contribution in [0.15, 0.2) is 72.6 Å². The van der Waals surface area contributed by atoms with Crippen LogP contribution in [-0.2, 0) is 10.1 Å². The standard InChI is InChI=1S/C18H13O2S5.CHF3O3S/c1-21-18-24-16(22-14(19)12-8-4-2-5-9-12)17(25-18)23-15(20)13-10-6-3-7-11-13;2-1(3,4)8(5,6)7/h2-11H,1H3;(H,5,6,7)/q+1;/p-1. The molecule has 0 bridgehead atoms. The monoisotopic (exact) mass is 570 g/mol. The average molecular weight is 571 g/mol. The Balaban J connectivity index is 0.000000414. The summed E-state index contributed by atoms with van der Waals surface area (Å²) < 4.78 is 61.8. The van der Waals surface area contributed by atoms with Crippen molar-refractivity contribution in [2.75, 3.05) is 6.26 Å². The fraction of sp³-hybridized carbons (Fsp3) is 0.105. The van der Waals surface area contributed by atoms with Crippen LogP contribution in [0, 0.1) is 0 Å². The minimum absolute atomic E-state index is 0.00341. The molecule has 3 rings (SSSR count). The van der Waals surface area contributed by atoms with E-state index in [1.165, 1.54) is 23.5 Å². The second kappa shape index (κ2) is 12.3. The lowest BCUT2D eigenvalue weighted by molar-refractivity contribution is -0.0517. The molecule has 0 fully saturated rings. The number of carbonyl (C=O) groups excluding carboxylic acids is 2. The summed E-state index contributed by atoms with van der Waals surface area (Å²) in [5, 5.41) is -0.00683. The van der Waals surface area contributed by atoms with Crippen molar-refractivity contribution in [3.05, 3.63) is 71.8 Å². The van der Waals surface area contributed by atoms with Gasteiger partial charge in [0.05, 0.1) is 0 Å². The summed E-state index contributed by atoms with van der Waals surface area (Å²) in [4.78, 5) is 25.0. The summed E-state index contributed by atoms with van der Waals surface area (Å²) in [5.41, 5.74) is -4.31. The Kier molecular flexibility index (Phi) is 10.4. The number of hydrogen-bond donors (Lipinski definition) is 0. The molecule has 5 nitrogen and oxygen atoms in total. The molecule has 176 valence electrons. The van der Waals surface area contributed by atoms with Crippen molar-refractivity contribution in [2.24, 2.45) is 0 Å². The van der Waals surface area contributed by atoms with Gasteiger partial charge < -0.3 is 4.55 Å². The molecule has 1 aromatic heterocycles. The van der Waals surface area contributed by atoms with E-state index in [0.717, 1.165) is 11.9 Å². The third kappa shape index (κ3) is 8.70. The summed E-state index contributed by atoms with van der Waals surface area (Å²) in [6.45, 7) is 0. The molecule has 3 aromatic rings. The van der Waals surface area contributed by atoms with Crippen molar-refractivity contribution in [2.45, 2.75) is 17.4 Å². The van der Waals surface area contributed by atoms with Crippen molar-refractivity contribution in [1.82, 2.24) is 0 Å². The van der Waals surface area contributed by atoms with Gasteiger partial charge in [0.25, 0.3) is 0 Å². The number of rotatable bonds is 5. The first-order chi connectivity index (χ1) is 15.4. The number of thioether (sulfide) groups is 3. The zero-order valence-electron chi connectivity index (χ0n) is 16.4. The van der Waals surface area contributed by atoms with Crippen LogP contribution in [0.5, 0.6) is 0 Å². The van der Waals surface area contributed by atoms with E-state index in [9.17, 15) is 22.8 Å². The van der Waals surface area contributed by atoms with E-state index in [1.54, 1.807) is 34.4 Å². The molecule has 0 aliphatic rings. The lowest BCUT2D eigenvalue weighted by atomic mass is 10.2. The first-order valence-corrected chi connectivity index (χ1v) is 14.4. The van der Waals surface area contributed by atoms with Crippen LogP contribution < -0.4 is 0 Å². The first-order valence-electron chi connectivity index (χ1n) is 8.50. The van der Waals surface area contributed by atoms with Crippen molar-refractivity contribution in [3.63, 3.8) is 0 Å². The Hall–Kier alpha value is -1.42. The molecule has 1 heterocycles. The van der Waals surface area contributed by atoms with Crippen LogP contribution >= 0.6 is 58.0 Å². The maximum atomic E-state index is 12.5. The molecule has 14 heteroatoms. The second-order valence-corrected chi connectivity index (χ2v) is 13.1. The number of benzene rings is 2. The van der Waals surface area contributed by atoms with Crippen LogP contribution in [0.25, 0.3) is 0 Å². The molecule has 0 unspecified atom stereocenters. The highest BCUT2D eigenvalue weighted by atomic mass is 32.2. The molecular weight excluding hydrogens is 558 g/mol. The van der Waals surface area contributed by atoms with Crippen molar-refractivity contribution in [1.29, 1.82) is 0 Å². The van der Waals surface area contributed by atoms with Gasteiger partial charge in [-0.2, -0.15) is 13.2 Å². The zero-order chi connectivity index (χ0) is 24.6. The smallest absolute Gasteiger partial charge is 0.485 e. The highest BCUT2D eigenvalue weighted by Crippen LogP contribution is 2.47. The van der Waals surface area contributed by atoms with E-state index in [-0.39, 0.29) is 10.2 Å². The van der Waals surface area contributed by atoms with Gasteiger partial charge in [-0.3, -0.25) is 9.59 Å². The van der Waals surface area contributed by atoms with E-state index in [2.05, 4.69) is 0 Å². The minimum atomic E-state index is -6.09. The molecular formula is C19H13F3O5S6. The van der Waals surface area contributed by atoms with Crippen molar-refractivity contribution >= 4 is 78.3 Å². The van der Waals surface area contributed by atoms with E-state index in [0.29, 0.717) is 11.1 Å². The topological polar surface area (TPSA) is 91.3 Å². The second-order valence-electron chi connectivity index (χ2n) is 5.64. The summed E-state index contributed by atoms with van der Waals surface area (Å²) in [7, 11) is -6.09. The van der Waals surface area contributed by atoms with E-state index < -0.39 is 15.6 Å².